The molecule has 0 amide bonds. The molecule has 0 radical (unpaired) electrons. The van der Waals surface area contributed by atoms with Crippen molar-refractivity contribution in [2.45, 2.75) is 65.6 Å². The first-order chi connectivity index (χ1) is 9.12. The van der Waals surface area contributed by atoms with E-state index in [-0.39, 0.29) is 5.54 Å². The third-order valence-corrected chi connectivity index (χ3v) is 5.71. The van der Waals surface area contributed by atoms with Gasteiger partial charge in [-0.15, -0.1) is 0 Å². The van der Waals surface area contributed by atoms with Crippen molar-refractivity contribution in [2.24, 2.45) is 5.92 Å². The Morgan fingerprint density at radius 1 is 0.850 bits per heavy atom. The number of nitrogens with zero attached hydrogens (tertiary/aromatic N) is 3. The fourth-order valence-corrected chi connectivity index (χ4v) is 3.73. The van der Waals surface area contributed by atoms with Crippen molar-refractivity contribution in [3.8, 4) is 0 Å². The first-order valence-electron chi connectivity index (χ1n) is 8.36. The summed E-state index contributed by atoms with van der Waals surface area (Å²) in [6.45, 7) is 24.0. The van der Waals surface area contributed by atoms with Gasteiger partial charge < -0.3 is 0 Å². The van der Waals surface area contributed by atoms with Crippen molar-refractivity contribution < 1.29 is 0 Å². The van der Waals surface area contributed by atoms with Crippen LogP contribution in [0.5, 0.6) is 0 Å². The molecule has 0 spiro atoms. The zero-order valence-electron chi connectivity index (χ0n) is 14.7. The highest BCUT2D eigenvalue weighted by Crippen LogP contribution is 2.30. The van der Waals surface area contributed by atoms with E-state index in [1.54, 1.807) is 0 Å². The molecule has 0 aromatic rings. The second kappa shape index (κ2) is 5.58. The van der Waals surface area contributed by atoms with Gasteiger partial charge in [0.1, 0.15) is 0 Å². The Kier molecular flexibility index (Phi) is 4.54. The van der Waals surface area contributed by atoms with Crippen molar-refractivity contribution in [1.29, 1.82) is 0 Å². The molecule has 2 saturated heterocycles. The Labute approximate surface area is 126 Å². The van der Waals surface area contributed by atoms with E-state index in [0.29, 0.717) is 11.6 Å². The molecule has 0 bridgehead atoms. The topological polar surface area (TPSA) is 9.72 Å². The summed E-state index contributed by atoms with van der Waals surface area (Å²) in [6.07, 6.45) is 0. The van der Waals surface area contributed by atoms with Gasteiger partial charge in [-0.2, -0.15) is 0 Å². The molecule has 3 heteroatoms. The summed E-state index contributed by atoms with van der Waals surface area (Å²) in [5.41, 5.74) is 0.596. The Morgan fingerprint density at radius 3 is 1.70 bits per heavy atom. The average Bonchev–Trinajstić information content (AvgIpc) is 2.33. The Morgan fingerprint density at radius 2 is 1.30 bits per heavy atom. The van der Waals surface area contributed by atoms with Gasteiger partial charge in [0.25, 0.3) is 0 Å². The smallest absolute Gasteiger partial charge is 0.0306 e. The molecule has 0 aliphatic carbocycles. The first kappa shape index (κ1) is 16.3. The third kappa shape index (κ3) is 3.20. The molecule has 2 heterocycles. The van der Waals surface area contributed by atoms with E-state index in [1.165, 1.54) is 39.3 Å². The molecular weight excluding hydrogens is 246 g/mol. The van der Waals surface area contributed by atoms with E-state index in [1.807, 2.05) is 0 Å². The van der Waals surface area contributed by atoms with Crippen LogP contribution in [0.25, 0.3) is 0 Å². The predicted octanol–water partition coefficient (Wildman–Crippen LogP) is 2.52. The molecule has 1 unspecified atom stereocenters. The summed E-state index contributed by atoms with van der Waals surface area (Å²) in [7, 11) is 0. The van der Waals surface area contributed by atoms with Gasteiger partial charge in [-0.25, -0.2) is 0 Å². The van der Waals surface area contributed by atoms with Gasteiger partial charge in [-0.05, 0) is 47.5 Å². The molecule has 0 aromatic heterocycles. The lowest BCUT2D eigenvalue weighted by Crippen LogP contribution is -2.66. The highest BCUT2D eigenvalue weighted by molar-refractivity contribution is 4.98. The molecular formula is C17H35N3. The highest BCUT2D eigenvalue weighted by Gasteiger charge is 2.41. The molecule has 2 aliphatic rings. The maximum absolute atomic E-state index is 2.71. The number of likely N-dealkylation sites (tertiary alicyclic amines) is 1. The van der Waals surface area contributed by atoms with E-state index in [0.717, 1.165) is 5.92 Å². The van der Waals surface area contributed by atoms with Gasteiger partial charge in [0.2, 0.25) is 0 Å². The molecule has 118 valence electrons. The van der Waals surface area contributed by atoms with E-state index < -0.39 is 0 Å². The lowest BCUT2D eigenvalue weighted by atomic mass is 9.87. The molecule has 0 N–H and O–H groups in total. The van der Waals surface area contributed by atoms with Crippen LogP contribution >= 0.6 is 0 Å². The lowest BCUT2D eigenvalue weighted by molar-refractivity contribution is -0.0495. The molecule has 20 heavy (non-hydrogen) atoms. The standard InChI is InChI=1S/C17H35N3/c1-14-12-18(13-14)15(2)17(6,7)20-10-8-19(9-11-20)16(3,4)5/h14-15H,8-13H2,1-7H3. The SMILES string of the molecule is CC1CN(C(C)C(C)(C)N2CCN(C(C)(C)C)CC2)C1. The van der Waals surface area contributed by atoms with E-state index >= 15 is 0 Å². The normalized spacial score (nSPS) is 26.6. The van der Waals surface area contributed by atoms with Crippen LogP contribution < -0.4 is 0 Å². The molecule has 1 atom stereocenters. The minimum atomic E-state index is 0.282. The van der Waals surface area contributed by atoms with Crippen LogP contribution in [0, 0.1) is 5.92 Å². The van der Waals surface area contributed by atoms with Crippen molar-refractivity contribution in [1.82, 2.24) is 14.7 Å². The minimum Gasteiger partial charge on any atom is -0.298 e. The molecule has 0 saturated carbocycles. The highest BCUT2D eigenvalue weighted by atomic mass is 15.3. The molecule has 0 aromatic carbocycles. The largest absolute Gasteiger partial charge is 0.298 e. The fourth-order valence-electron chi connectivity index (χ4n) is 3.73. The van der Waals surface area contributed by atoms with E-state index in [2.05, 4.69) is 63.2 Å². The third-order valence-electron chi connectivity index (χ3n) is 5.71. The van der Waals surface area contributed by atoms with Crippen molar-refractivity contribution in [2.75, 3.05) is 39.3 Å². The number of hydrogen-bond donors (Lipinski definition) is 0. The maximum Gasteiger partial charge on any atom is 0.0306 e. The predicted molar refractivity (Wildman–Crippen MR) is 87.2 cm³/mol. The number of rotatable bonds is 3. The maximum atomic E-state index is 2.71. The van der Waals surface area contributed by atoms with E-state index in [9.17, 15) is 0 Å². The number of piperazine rings is 1. The summed E-state index contributed by atoms with van der Waals surface area (Å²) in [5.74, 6) is 0.894. The van der Waals surface area contributed by atoms with Crippen LogP contribution in [0.3, 0.4) is 0 Å². The van der Waals surface area contributed by atoms with Crippen molar-refractivity contribution in [3.63, 3.8) is 0 Å². The van der Waals surface area contributed by atoms with Gasteiger partial charge in [-0.1, -0.05) is 6.92 Å². The van der Waals surface area contributed by atoms with Gasteiger partial charge in [-0.3, -0.25) is 14.7 Å². The van der Waals surface area contributed by atoms with Crippen LogP contribution in [0.4, 0.5) is 0 Å². The average molecular weight is 281 g/mol. The monoisotopic (exact) mass is 281 g/mol. The van der Waals surface area contributed by atoms with Gasteiger partial charge in [0.05, 0.1) is 0 Å². The van der Waals surface area contributed by atoms with Gasteiger partial charge in [0.15, 0.2) is 0 Å². The zero-order valence-corrected chi connectivity index (χ0v) is 14.7. The number of hydrogen-bond acceptors (Lipinski definition) is 3. The second-order valence-corrected chi connectivity index (χ2v) is 8.53. The van der Waals surface area contributed by atoms with E-state index in [4.69, 9.17) is 0 Å². The summed E-state index contributed by atoms with van der Waals surface area (Å²) in [6, 6.07) is 0.653. The first-order valence-corrected chi connectivity index (χ1v) is 8.36. The van der Waals surface area contributed by atoms with Crippen molar-refractivity contribution >= 4 is 0 Å². The minimum absolute atomic E-state index is 0.282. The molecule has 2 aliphatic heterocycles. The van der Waals surface area contributed by atoms with Crippen LogP contribution in [0.1, 0.15) is 48.5 Å². The lowest BCUT2D eigenvalue weighted by Gasteiger charge is -2.54. The quantitative estimate of drug-likeness (QED) is 0.787. The zero-order chi connectivity index (χ0) is 15.1. The summed E-state index contributed by atoms with van der Waals surface area (Å²) in [4.78, 5) is 7.99. The Balaban J connectivity index is 1.91. The molecule has 3 nitrogen and oxygen atoms in total. The van der Waals surface area contributed by atoms with Gasteiger partial charge >= 0.3 is 0 Å². The fraction of sp³-hybridized carbons (Fsp3) is 1.00. The molecule has 2 fully saturated rings. The summed E-state index contributed by atoms with van der Waals surface area (Å²) >= 11 is 0. The van der Waals surface area contributed by atoms with Crippen LogP contribution in [-0.2, 0) is 0 Å². The van der Waals surface area contributed by atoms with Crippen LogP contribution in [0.2, 0.25) is 0 Å². The Bertz CT molecular complexity index is 318. The summed E-state index contributed by atoms with van der Waals surface area (Å²) < 4.78 is 0. The van der Waals surface area contributed by atoms with Gasteiger partial charge in [0, 0.05) is 56.4 Å². The molecule has 2 rings (SSSR count). The Hall–Kier alpha value is -0.120. The van der Waals surface area contributed by atoms with Crippen LogP contribution in [-0.4, -0.2) is 71.1 Å². The summed E-state index contributed by atoms with van der Waals surface area (Å²) in [5, 5.41) is 0. The van der Waals surface area contributed by atoms with Crippen molar-refractivity contribution in [3.05, 3.63) is 0 Å². The van der Waals surface area contributed by atoms with Crippen LogP contribution in [0.15, 0.2) is 0 Å². The second-order valence-electron chi connectivity index (χ2n) is 8.53.